The Morgan fingerprint density at radius 3 is 3.06 bits per heavy atom. The number of carbonyl (C=O) groups excluding carboxylic acids is 1. The molecule has 1 aromatic heterocycles. The summed E-state index contributed by atoms with van der Waals surface area (Å²) in [4.78, 5) is 15.5. The predicted octanol–water partition coefficient (Wildman–Crippen LogP) is 0.924. The summed E-state index contributed by atoms with van der Waals surface area (Å²) in [7, 11) is 0. The molecule has 1 aliphatic rings. The normalized spacial score (nSPS) is 17.4. The summed E-state index contributed by atoms with van der Waals surface area (Å²) in [6, 6.07) is 5.21. The first-order valence-corrected chi connectivity index (χ1v) is 5.26. The second-order valence-electron chi connectivity index (χ2n) is 3.78. The smallest absolute Gasteiger partial charge is 0.294 e. The Morgan fingerprint density at radius 2 is 2.17 bits per heavy atom. The fraction of sp³-hybridized carbons (Fsp3) is 0. The summed E-state index contributed by atoms with van der Waals surface area (Å²) in [5.41, 5.74) is 7.09. The van der Waals surface area contributed by atoms with Crippen LogP contribution >= 0.6 is 0 Å². The molecule has 1 aromatic carbocycles. The number of amides is 2. The fourth-order valence-corrected chi connectivity index (χ4v) is 1.62. The average Bonchev–Trinajstić information content (AvgIpc) is 2.81. The van der Waals surface area contributed by atoms with E-state index in [9.17, 15) is 4.79 Å². The molecule has 2 heterocycles. The van der Waals surface area contributed by atoms with Crippen LogP contribution in [0.5, 0.6) is 0 Å². The number of hydrogen-bond donors (Lipinski definition) is 4. The summed E-state index contributed by atoms with van der Waals surface area (Å²) in [6.07, 6.45) is 1.74. The number of aliphatic imine (C=N–C) groups is 1. The number of hydrazine groups is 1. The Morgan fingerprint density at radius 1 is 1.28 bits per heavy atom. The van der Waals surface area contributed by atoms with Crippen LogP contribution in [0.3, 0.4) is 0 Å². The van der Waals surface area contributed by atoms with E-state index >= 15 is 0 Å². The average molecular weight is 242 g/mol. The molecule has 0 spiro atoms. The third-order valence-electron chi connectivity index (χ3n) is 2.51. The monoisotopic (exact) mass is 242 g/mol. The molecule has 0 aliphatic carbocycles. The molecular formula is C11H10N6O. The van der Waals surface area contributed by atoms with E-state index in [2.05, 4.69) is 37.9 Å². The Balaban J connectivity index is 1.98. The van der Waals surface area contributed by atoms with Gasteiger partial charge in [-0.1, -0.05) is 6.58 Å². The van der Waals surface area contributed by atoms with E-state index in [4.69, 9.17) is 0 Å². The fourth-order valence-electron chi connectivity index (χ4n) is 1.62. The number of hydrogen-bond acceptors (Lipinski definition) is 4. The van der Waals surface area contributed by atoms with Gasteiger partial charge in [-0.15, -0.1) is 0 Å². The molecule has 90 valence electrons. The molecule has 7 nitrogen and oxygen atoms in total. The van der Waals surface area contributed by atoms with Crippen LogP contribution in [0, 0.1) is 0 Å². The number of H-pyrrole nitrogens is 1. The SMILES string of the molecule is C=C1NNC(=O)NC1=Nc1ccc2cn[nH]c2c1. The van der Waals surface area contributed by atoms with Crippen molar-refractivity contribution in [1.29, 1.82) is 0 Å². The first-order valence-electron chi connectivity index (χ1n) is 5.26. The van der Waals surface area contributed by atoms with Crippen LogP contribution < -0.4 is 16.2 Å². The van der Waals surface area contributed by atoms with Gasteiger partial charge in [0, 0.05) is 5.39 Å². The van der Waals surface area contributed by atoms with Gasteiger partial charge in [0.25, 0.3) is 0 Å². The van der Waals surface area contributed by atoms with Crippen LogP contribution in [-0.4, -0.2) is 22.1 Å². The lowest BCUT2D eigenvalue weighted by Gasteiger charge is -2.19. The van der Waals surface area contributed by atoms with E-state index in [1.54, 1.807) is 6.20 Å². The molecule has 2 aromatic rings. The van der Waals surface area contributed by atoms with Crippen LogP contribution in [-0.2, 0) is 0 Å². The van der Waals surface area contributed by atoms with Crippen molar-refractivity contribution in [3.63, 3.8) is 0 Å². The van der Waals surface area contributed by atoms with Crippen molar-refractivity contribution in [2.75, 3.05) is 0 Å². The van der Waals surface area contributed by atoms with Gasteiger partial charge in [0.1, 0.15) is 0 Å². The maximum atomic E-state index is 11.2. The molecule has 0 bridgehead atoms. The molecule has 18 heavy (non-hydrogen) atoms. The molecule has 7 heteroatoms. The molecule has 0 saturated carbocycles. The quantitative estimate of drug-likeness (QED) is 0.599. The van der Waals surface area contributed by atoms with E-state index in [1.165, 1.54) is 0 Å². The third kappa shape index (κ3) is 1.77. The first kappa shape index (κ1) is 10.3. The number of nitrogens with zero attached hydrogens (tertiary/aromatic N) is 2. The third-order valence-corrected chi connectivity index (χ3v) is 2.51. The second kappa shape index (κ2) is 3.88. The predicted molar refractivity (Wildman–Crippen MR) is 67.1 cm³/mol. The minimum atomic E-state index is -0.372. The number of benzene rings is 1. The Hall–Kier alpha value is -2.83. The molecule has 3 rings (SSSR count). The number of amidine groups is 1. The Bertz CT molecular complexity index is 671. The van der Waals surface area contributed by atoms with Crippen molar-refractivity contribution in [3.8, 4) is 0 Å². The van der Waals surface area contributed by atoms with Crippen LogP contribution in [0.15, 0.2) is 41.7 Å². The van der Waals surface area contributed by atoms with Crippen LogP contribution in [0.1, 0.15) is 0 Å². The number of aromatic amines is 1. The van der Waals surface area contributed by atoms with Gasteiger partial charge in [0.2, 0.25) is 0 Å². The van der Waals surface area contributed by atoms with Gasteiger partial charge in [-0.05, 0) is 18.2 Å². The lowest BCUT2D eigenvalue weighted by Crippen LogP contribution is -2.54. The van der Waals surface area contributed by atoms with E-state index in [0.29, 0.717) is 17.2 Å². The van der Waals surface area contributed by atoms with Gasteiger partial charge < -0.3 is 0 Å². The highest BCUT2D eigenvalue weighted by Crippen LogP contribution is 2.19. The summed E-state index contributed by atoms with van der Waals surface area (Å²) in [6.45, 7) is 3.74. The van der Waals surface area contributed by atoms with Crippen molar-refractivity contribution in [2.45, 2.75) is 0 Å². The Labute approximate surface area is 102 Å². The standard InChI is InChI=1S/C11H10N6O/c1-6-10(14-11(18)17-15-6)13-8-3-2-7-5-12-16-9(7)4-8/h2-5,15H,1H2,(H,12,16)(H2,13,14,17,18). The maximum absolute atomic E-state index is 11.2. The number of rotatable bonds is 1. The molecule has 0 unspecified atom stereocenters. The maximum Gasteiger partial charge on any atom is 0.339 e. The lowest BCUT2D eigenvalue weighted by molar-refractivity contribution is 0.241. The summed E-state index contributed by atoms with van der Waals surface area (Å²) in [5.74, 6) is 0.387. The zero-order valence-corrected chi connectivity index (χ0v) is 9.32. The van der Waals surface area contributed by atoms with Gasteiger partial charge in [-0.25, -0.2) is 9.79 Å². The van der Waals surface area contributed by atoms with Gasteiger partial charge in [0.05, 0.1) is 23.1 Å². The van der Waals surface area contributed by atoms with Crippen molar-refractivity contribution in [2.24, 2.45) is 4.99 Å². The zero-order chi connectivity index (χ0) is 12.5. The highest BCUT2D eigenvalue weighted by atomic mass is 16.2. The van der Waals surface area contributed by atoms with Crippen molar-refractivity contribution >= 4 is 28.5 Å². The van der Waals surface area contributed by atoms with Gasteiger partial charge >= 0.3 is 6.03 Å². The molecule has 0 atom stereocenters. The summed E-state index contributed by atoms with van der Waals surface area (Å²) in [5, 5.41) is 10.4. The zero-order valence-electron chi connectivity index (χ0n) is 9.32. The molecule has 0 radical (unpaired) electrons. The number of urea groups is 1. The number of fused-ring (bicyclic) bond motifs is 1. The molecule has 1 saturated heterocycles. The molecular weight excluding hydrogens is 232 g/mol. The van der Waals surface area contributed by atoms with E-state index in [-0.39, 0.29) is 6.03 Å². The highest BCUT2D eigenvalue weighted by Gasteiger charge is 2.15. The molecule has 2 amide bonds. The van der Waals surface area contributed by atoms with Crippen LogP contribution in [0.2, 0.25) is 0 Å². The summed E-state index contributed by atoms with van der Waals surface area (Å²) >= 11 is 0. The second-order valence-corrected chi connectivity index (χ2v) is 3.78. The molecule has 1 fully saturated rings. The van der Waals surface area contributed by atoms with Crippen molar-refractivity contribution in [3.05, 3.63) is 36.7 Å². The first-order chi connectivity index (χ1) is 8.72. The van der Waals surface area contributed by atoms with Gasteiger partial charge in [-0.2, -0.15) is 5.10 Å². The van der Waals surface area contributed by atoms with Crippen LogP contribution in [0.25, 0.3) is 10.9 Å². The van der Waals surface area contributed by atoms with Crippen molar-refractivity contribution < 1.29 is 4.79 Å². The van der Waals surface area contributed by atoms with Crippen LogP contribution in [0.4, 0.5) is 10.5 Å². The number of carbonyl (C=O) groups is 1. The Kier molecular flexibility index (Phi) is 2.23. The molecule has 1 aliphatic heterocycles. The van der Waals surface area contributed by atoms with E-state index < -0.39 is 0 Å². The number of nitrogens with one attached hydrogen (secondary N) is 4. The highest BCUT2D eigenvalue weighted by molar-refractivity contribution is 6.09. The minimum absolute atomic E-state index is 0.372. The van der Waals surface area contributed by atoms with Gasteiger partial charge in [-0.3, -0.25) is 21.3 Å². The summed E-state index contributed by atoms with van der Waals surface area (Å²) < 4.78 is 0. The number of aromatic nitrogens is 2. The topological polar surface area (TPSA) is 94.2 Å². The largest absolute Gasteiger partial charge is 0.339 e. The van der Waals surface area contributed by atoms with Gasteiger partial charge in [0.15, 0.2) is 5.84 Å². The van der Waals surface area contributed by atoms with E-state index in [1.807, 2.05) is 18.2 Å². The van der Waals surface area contributed by atoms with Crippen molar-refractivity contribution in [1.82, 2.24) is 26.4 Å². The minimum Gasteiger partial charge on any atom is -0.294 e. The van der Waals surface area contributed by atoms with E-state index in [0.717, 1.165) is 10.9 Å². The lowest BCUT2D eigenvalue weighted by atomic mass is 10.2. The molecule has 4 N–H and O–H groups in total.